The molecule has 1 aromatic heterocycles. The van der Waals surface area contributed by atoms with Gasteiger partial charge in [-0.15, -0.1) is 0 Å². The van der Waals surface area contributed by atoms with E-state index in [4.69, 9.17) is 0 Å². The molecule has 1 aliphatic heterocycles. The molecule has 0 fully saturated rings. The number of nitrogens with one attached hydrogen (secondary N) is 1. The molecule has 0 radical (unpaired) electrons. The summed E-state index contributed by atoms with van der Waals surface area (Å²) in [7, 11) is 0. The highest BCUT2D eigenvalue weighted by Gasteiger charge is 2.39. The number of rotatable bonds is 1. The number of hydrogen-bond acceptors (Lipinski definition) is 3. The minimum absolute atomic E-state index is 0.281. The van der Waals surface area contributed by atoms with Crippen LogP contribution in [0.3, 0.4) is 0 Å². The average Bonchev–Trinajstić information content (AvgIpc) is 2.92. The molecule has 1 N–H and O–H groups in total. The summed E-state index contributed by atoms with van der Waals surface area (Å²) in [4.78, 5) is 4.11. The highest BCUT2D eigenvalue weighted by atomic mass is 15.3. The van der Waals surface area contributed by atoms with Crippen molar-refractivity contribution in [3.05, 3.63) is 65.5 Å². The lowest BCUT2D eigenvalue weighted by molar-refractivity contribution is 0.438. The van der Waals surface area contributed by atoms with Gasteiger partial charge in [0.05, 0.1) is 11.8 Å². The second-order valence-electron chi connectivity index (χ2n) is 5.71. The standard InChI is InChI=1S/C17H17N3/c1-11-10-15-16(12-6-8-18-9-7-12)19-20-17(15)14-5-3-2-4-13(11)14/h2-9,11,15-16,19H,10H2,1H3. The van der Waals surface area contributed by atoms with E-state index in [1.807, 2.05) is 12.4 Å². The van der Waals surface area contributed by atoms with Gasteiger partial charge in [-0.1, -0.05) is 31.2 Å². The largest absolute Gasteiger partial charge is 0.302 e. The first-order valence-electron chi connectivity index (χ1n) is 7.17. The van der Waals surface area contributed by atoms with Crippen LogP contribution in [0, 0.1) is 5.92 Å². The Balaban J connectivity index is 1.75. The van der Waals surface area contributed by atoms with Crippen molar-refractivity contribution < 1.29 is 0 Å². The number of hydrazone groups is 1. The van der Waals surface area contributed by atoms with E-state index in [1.54, 1.807) is 0 Å². The van der Waals surface area contributed by atoms with Crippen LogP contribution in [-0.2, 0) is 0 Å². The molecule has 2 heterocycles. The molecule has 0 bridgehead atoms. The van der Waals surface area contributed by atoms with Crippen molar-refractivity contribution in [2.45, 2.75) is 25.3 Å². The van der Waals surface area contributed by atoms with Gasteiger partial charge in [0.25, 0.3) is 0 Å². The fourth-order valence-electron chi connectivity index (χ4n) is 3.52. The first-order valence-corrected chi connectivity index (χ1v) is 7.17. The van der Waals surface area contributed by atoms with Crippen LogP contribution in [0.1, 0.15) is 42.0 Å². The molecule has 3 unspecified atom stereocenters. The zero-order chi connectivity index (χ0) is 13.5. The maximum absolute atomic E-state index is 4.64. The number of nitrogens with zero attached hydrogens (tertiary/aromatic N) is 2. The first kappa shape index (κ1) is 11.6. The van der Waals surface area contributed by atoms with E-state index < -0.39 is 0 Å². The summed E-state index contributed by atoms with van der Waals surface area (Å²) in [6.07, 6.45) is 4.86. The summed E-state index contributed by atoms with van der Waals surface area (Å²) in [5.74, 6) is 1.04. The fraction of sp³-hybridized carbons (Fsp3) is 0.294. The van der Waals surface area contributed by atoms with Gasteiger partial charge in [-0.2, -0.15) is 5.10 Å². The third kappa shape index (κ3) is 1.66. The van der Waals surface area contributed by atoms with E-state index in [9.17, 15) is 0 Å². The maximum Gasteiger partial charge on any atom is 0.0775 e. The van der Waals surface area contributed by atoms with E-state index in [0.29, 0.717) is 11.8 Å². The first-order chi connectivity index (χ1) is 9.84. The molecule has 3 nitrogen and oxygen atoms in total. The molecule has 1 aliphatic carbocycles. The lowest BCUT2D eigenvalue weighted by Crippen LogP contribution is -2.28. The van der Waals surface area contributed by atoms with Gasteiger partial charge < -0.3 is 5.43 Å². The Hall–Kier alpha value is -2.16. The summed E-state index contributed by atoms with van der Waals surface area (Å²) in [6.45, 7) is 2.32. The van der Waals surface area contributed by atoms with Crippen molar-refractivity contribution in [2.75, 3.05) is 0 Å². The third-order valence-corrected chi connectivity index (χ3v) is 4.52. The maximum atomic E-state index is 4.64. The summed E-state index contributed by atoms with van der Waals surface area (Å²) in [6, 6.07) is 13.1. The van der Waals surface area contributed by atoms with E-state index in [-0.39, 0.29) is 6.04 Å². The van der Waals surface area contributed by atoms with Crippen LogP contribution in [0.15, 0.2) is 53.9 Å². The van der Waals surface area contributed by atoms with Gasteiger partial charge in [0.1, 0.15) is 0 Å². The average molecular weight is 263 g/mol. The van der Waals surface area contributed by atoms with Crippen molar-refractivity contribution in [1.82, 2.24) is 10.4 Å². The summed E-state index contributed by atoms with van der Waals surface area (Å²) < 4.78 is 0. The van der Waals surface area contributed by atoms with Crippen LogP contribution in [0.5, 0.6) is 0 Å². The molecule has 1 aromatic carbocycles. The van der Waals surface area contributed by atoms with Crippen molar-refractivity contribution in [2.24, 2.45) is 11.0 Å². The molecule has 0 amide bonds. The number of hydrogen-bond donors (Lipinski definition) is 1. The molecule has 0 spiro atoms. The molecular formula is C17H17N3. The fourth-order valence-corrected chi connectivity index (χ4v) is 3.52. The smallest absolute Gasteiger partial charge is 0.0775 e. The number of fused-ring (bicyclic) bond motifs is 3. The Morgan fingerprint density at radius 2 is 1.90 bits per heavy atom. The third-order valence-electron chi connectivity index (χ3n) is 4.52. The molecule has 0 saturated carbocycles. The summed E-state index contributed by atoms with van der Waals surface area (Å²) in [5, 5.41) is 4.64. The minimum atomic E-state index is 0.281. The van der Waals surface area contributed by atoms with Gasteiger partial charge in [0.15, 0.2) is 0 Å². The SMILES string of the molecule is CC1CC2C(=NNC2c2ccncc2)c2ccccc21. The second kappa shape index (κ2) is 4.44. The van der Waals surface area contributed by atoms with Gasteiger partial charge in [0, 0.05) is 23.9 Å². The van der Waals surface area contributed by atoms with Crippen LogP contribution >= 0.6 is 0 Å². The van der Waals surface area contributed by atoms with Crippen LogP contribution in [0.4, 0.5) is 0 Å². The van der Waals surface area contributed by atoms with E-state index in [1.165, 1.54) is 22.4 Å². The summed E-state index contributed by atoms with van der Waals surface area (Å²) in [5.41, 5.74) is 8.58. The molecule has 0 saturated heterocycles. The normalized spacial score (nSPS) is 27.2. The van der Waals surface area contributed by atoms with Crippen LogP contribution < -0.4 is 5.43 Å². The minimum Gasteiger partial charge on any atom is -0.302 e. The zero-order valence-electron chi connectivity index (χ0n) is 11.5. The van der Waals surface area contributed by atoms with E-state index in [0.717, 1.165) is 6.42 Å². The van der Waals surface area contributed by atoms with Crippen LogP contribution in [0.25, 0.3) is 0 Å². The number of benzene rings is 1. The molecule has 2 aliphatic rings. The predicted octanol–water partition coefficient (Wildman–Crippen LogP) is 3.25. The Kier molecular flexibility index (Phi) is 2.59. The monoisotopic (exact) mass is 263 g/mol. The predicted molar refractivity (Wildman–Crippen MR) is 79.6 cm³/mol. The van der Waals surface area contributed by atoms with Crippen molar-refractivity contribution in [3.8, 4) is 0 Å². The van der Waals surface area contributed by atoms with Gasteiger partial charge >= 0.3 is 0 Å². The highest BCUT2D eigenvalue weighted by molar-refractivity contribution is 6.05. The van der Waals surface area contributed by atoms with Crippen LogP contribution in [-0.4, -0.2) is 10.7 Å². The van der Waals surface area contributed by atoms with Crippen molar-refractivity contribution in [3.63, 3.8) is 0 Å². The topological polar surface area (TPSA) is 37.3 Å². The van der Waals surface area contributed by atoms with Crippen LogP contribution in [0.2, 0.25) is 0 Å². The lowest BCUT2D eigenvalue weighted by atomic mass is 9.73. The lowest BCUT2D eigenvalue weighted by Gasteiger charge is -2.30. The number of pyridine rings is 1. The summed E-state index contributed by atoms with van der Waals surface area (Å²) >= 11 is 0. The van der Waals surface area contributed by atoms with Crippen molar-refractivity contribution in [1.29, 1.82) is 0 Å². The van der Waals surface area contributed by atoms with Gasteiger partial charge in [-0.3, -0.25) is 4.98 Å². The Labute approximate surface area is 118 Å². The second-order valence-corrected chi connectivity index (χ2v) is 5.71. The van der Waals surface area contributed by atoms with Crippen molar-refractivity contribution >= 4 is 5.71 Å². The molecule has 20 heavy (non-hydrogen) atoms. The zero-order valence-corrected chi connectivity index (χ0v) is 11.5. The number of aromatic nitrogens is 1. The molecule has 4 rings (SSSR count). The molecule has 3 atom stereocenters. The van der Waals surface area contributed by atoms with Gasteiger partial charge in [-0.05, 0) is 35.6 Å². The quantitative estimate of drug-likeness (QED) is 0.857. The Bertz CT molecular complexity index is 663. The van der Waals surface area contributed by atoms with Gasteiger partial charge in [0.2, 0.25) is 0 Å². The Morgan fingerprint density at radius 3 is 2.75 bits per heavy atom. The molecule has 2 aromatic rings. The van der Waals surface area contributed by atoms with E-state index in [2.05, 4.69) is 58.8 Å². The molecule has 100 valence electrons. The molecular weight excluding hydrogens is 246 g/mol. The Morgan fingerprint density at radius 1 is 1.10 bits per heavy atom. The van der Waals surface area contributed by atoms with Gasteiger partial charge in [-0.25, -0.2) is 0 Å². The molecule has 3 heteroatoms. The highest BCUT2D eigenvalue weighted by Crippen LogP contribution is 2.42. The van der Waals surface area contributed by atoms with E-state index >= 15 is 0 Å².